The summed E-state index contributed by atoms with van der Waals surface area (Å²) in [5, 5.41) is 11.8. The second kappa shape index (κ2) is 4.66. The van der Waals surface area contributed by atoms with Crippen molar-refractivity contribution in [2.75, 3.05) is 25.6 Å². The van der Waals surface area contributed by atoms with E-state index in [9.17, 15) is 9.59 Å². The number of amides is 1. The minimum atomic E-state index is -0.969. The van der Waals surface area contributed by atoms with Crippen molar-refractivity contribution in [3.63, 3.8) is 0 Å². The van der Waals surface area contributed by atoms with Crippen molar-refractivity contribution in [1.29, 1.82) is 0 Å². The van der Waals surface area contributed by atoms with E-state index in [-0.39, 0.29) is 12.5 Å². The van der Waals surface area contributed by atoms with E-state index in [1.807, 2.05) is 0 Å². The predicted molar refractivity (Wildman–Crippen MR) is 64.8 cm³/mol. The van der Waals surface area contributed by atoms with Crippen LogP contribution in [0.4, 0.5) is 5.69 Å². The van der Waals surface area contributed by atoms with Crippen molar-refractivity contribution >= 4 is 17.6 Å². The van der Waals surface area contributed by atoms with Crippen LogP contribution in [-0.2, 0) is 9.59 Å². The number of likely N-dealkylation sites (N-methyl/N-ethyl adjacent to an activating group) is 2. The van der Waals surface area contributed by atoms with Gasteiger partial charge >= 0.3 is 5.97 Å². The number of fused-ring (bicyclic) bond motifs is 1. The summed E-state index contributed by atoms with van der Waals surface area (Å²) in [5.41, 5.74) is 1.17. The molecule has 0 fully saturated rings. The molecule has 0 bridgehead atoms. The lowest BCUT2D eigenvalue weighted by Gasteiger charge is -2.27. The van der Waals surface area contributed by atoms with Gasteiger partial charge in [-0.05, 0) is 24.7 Å². The van der Waals surface area contributed by atoms with E-state index >= 15 is 0 Å². The Hall–Kier alpha value is -2.08. The molecule has 1 atom stereocenters. The van der Waals surface area contributed by atoms with Crippen molar-refractivity contribution in [3.05, 3.63) is 23.8 Å². The predicted octanol–water partition coefficient (Wildman–Crippen LogP) is 0.387. The molecule has 0 aromatic heterocycles. The van der Waals surface area contributed by atoms with E-state index in [4.69, 9.17) is 9.84 Å². The Morgan fingerprint density at radius 1 is 1.56 bits per heavy atom. The Morgan fingerprint density at radius 2 is 2.28 bits per heavy atom. The number of nitrogens with one attached hydrogen (secondary N) is 1. The van der Waals surface area contributed by atoms with Crippen LogP contribution in [0.5, 0.6) is 5.75 Å². The van der Waals surface area contributed by atoms with Crippen LogP contribution < -0.4 is 15.0 Å². The van der Waals surface area contributed by atoms with Crippen LogP contribution in [0.15, 0.2) is 18.2 Å². The third-order valence-corrected chi connectivity index (χ3v) is 2.94. The maximum atomic E-state index is 11.5. The number of anilines is 1. The summed E-state index contributed by atoms with van der Waals surface area (Å²) in [6.45, 7) is 0.0111. The fourth-order valence-electron chi connectivity index (χ4n) is 1.90. The van der Waals surface area contributed by atoms with Crippen molar-refractivity contribution in [2.24, 2.45) is 0 Å². The SMILES string of the molecule is CNC(C(=O)O)c1ccc2c(c1)N(C)C(=O)CO2. The fourth-order valence-corrected chi connectivity index (χ4v) is 1.90. The number of hydrogen-bond donors (Lipinski definition) is 2. The molecule has 18 heavy (non-hydrogen) atoms. The highest BCUT2D eigenvalue weighted by molar-refractivity contribution is 5.97. The highest BCUT2D eigenvalue weighted by Crippen LogP contribution is 2.33. The number of carboxylic acids is 1. The molecule has 0 spiro atoms. The number of nitrogens with zero attached hydrogens (tertiary/aromatic N) is 1. The maximum absolute atomic E-state index is 11.5. The summed E-state index contributed by atoms with van der Waals surface area (Å²) >= 11 is 0. The summed E-state index contributed by atoms with van der Waals surface area (Å²) in [4.78, 5) is 24.1. The summed E-state index contributed by atoms with van der Waals surface area (Å²) in [6, 6.07) is 4.21. The standard InChI is InChI=1S/C12H14N2O4/c1-13-11(12(16)17)7-3-4-9-8(5-7)14(2)10(15)6-18-9/h3-5,11,13H,6H2,1-2H3,(H,16,17). The molecule has 1 aliphatic heterocycles. The first-order valence-corrected chi connectivity index (χ1v) is 5.48. The van der Waals surface area contributed by atoms with Crippen molar-refractivity contribution in [1.82, 2.24) is 5.32 Å². The maximum Gasteiger partial charge on any atom is 0.325 e. The second-order valence-electron chi connectivity index (χ2n) is 4.03. The van der Waals surface area contributed by atoms with Crippen LogP contribution >= 0.6 is 0 Å². The molecule has 2 N–H and O–H groups in total. The lowest BCUT2D eigenvalue weighted by Crippen LogP contribution is -2.35. The van der Waals surface area contributed by atoms with Crippen molar-refractivity contribution < 1.29 is 19.4 Å². The topological polar surface area (TPSA) is 78.9 Å². The summed E-state index contributed by atoms with van der Waals surface area (Å²) in [6.07, 6.45) is 0. The second-order valence-corrected chi connectivity index (χ2v) is 4.03. The summed E-state index contributed by atoms with van der Waals surface area (Å²) < 4.78 is 5.28. The zero-order valence-electron chi connectivity index (χ0n) is 10.1. The molecule has 1 heterocycles. The Bertz CT molecular complexity index is 501. The fraction of sp³-hybridized carbons (Fsp3) is 0.333. The molecule has 1 amide bonds. The molecule has 1 aromatic carbocycles. The normalized spacial score (nSPS) is 15.9. The lowest BCUT2D eigenvalue weighted by molar-refractivity contribution is -0.139. The smallest absolute Gasteiger partial charge is 0.325 e. The Balaban J connectivity index is 2.42. The highest BCUT2D eigenvalue weighted by Gasteiger charge is 2.25. The van der Waals surface area contributed by atoms with Gasteiger partial charge in [-0.1, -0.05) is 6.07 Å². The molecule has 1 aromatic rings. The van der Waals surface area contributed by atoms with E-state index in [0.29, 0.717) is 17.0 Å². The number of aliphatic carboxylic acids is 1. The molecule has 6 heteroatoms. The number of hydrogen-bond acceptors (Lipinski definition) is 4. The van der Waals surface area contributed by atoms with Gasteiger partial charge in [-0.3, -0.25) is 9.59 Å². The Morgan fingerprint density at radius 3 is 2.89 bits per heavy atom. The Kier molecular flexibility index (Phi) is 3.20. The minimum absolute atomic E-state index is 0.0111. The van der Waals surface area contributed by atoms with E-state index in [2.05, 4.69) is 5.32 Å². The van der Waals surface area contributed by atoms with Gasteiger partial charge in [-0.25, -0.2) is 0 Å². The average molecular weight is 250 g/mol. The van der Waals surface area contributed by atoms with Gasteiger partial charge in [0, 0.05) is 7.05 Å². The van der Waals surface area contributed by atoms with E-state index < -0.39 is 12.0 Å². The van der Waals surface area contributed by atoms with E-state index in [1.165, 1.54) is 4.90 Å². The first-order chi connectivity index (χ1) is 8.54. The monoisotopic (exact) mass is 250 g/mol. The van der Waals surface area contributed by atoms with Gasteiger partial charge in [0.2, 0.25) is 0 Å². The number of carbonyl (C=O) groups excluding carboxylic acids is 1. The number of ether oxygens (including phenoxy) is 1. The average Bonchev–Trinajstić information content (AvgIpc) is 2.35. The first-order valence-electron chi connectivity index (χ1n) is 5.48. The molecule has 96 valence electrons. The van der Waals surface area contributed by atoms with Gasteiger partial charge < -0.3 is 20.1 Å². The van der Waals surface area contributed by atoms with Crippen LogP contribution in [0.2, 0.25) is 0 Å². The van der Waals surface area contributed by atoms with E-state index in [0.717, 1.165) is 0 Å². The van der Waals surface area contributed by atoms with Crippen LogP contribution in [-0.4, -0.2) is 37.7 Å². The van der Waals surface area contributed by atoms with Crippen molar-refractivity contribution in [2.45, 2.75) is 6.04 Å². The van der Waals surface area contributed by atoms with Gasteiger partial charge in [-0.15, -0.1) is 0 Å². The van der Waals surface area contributed by atoms with Crippen LogP contribution in [0, 0.1) is 0 Å². The molecule has 1 aliphatic rings. The number of carbonyl (C=O) groups is 2. The number of rotatable bonds is 3. The summed E-state index contributed by atoms with van der Waals surface area (Å²) in [7, 11) is 3.21. The van der Waals surface area contributed by atoms with E-state index in [1.54, 1.807) is 32.3 Å². The Labute approximate surface area is 104 Å². The minimum Gasteiger partial charge on any atom is -0.482 e. The van der Waals surface area contributed by atoms with Gasteiger partial charge in [0.1, 0.15) is 11.8 Å². The molecule has 2 rings (SSSR count). The molecule has 0 saturated heterocycles. The largest absolute Gasteiger partial charge is 0.482 e. The molecule has 0 saturated carbocycles. The van der Waals surface area contributed by atoms with Gasteiger partial charge in [0.15, 0.2) is 6.61 Å². The third-order valence-electron chi connectivity index (χ3n) is 2.94. The zero-order valence-corrected chi connectivity index (χ0v) is 10.1. The third kappa shape index (κ3) is 2.02. The lowest BCUT2D eigenvalue weighted by atomic mass is 10.0. The molecule has 1 unspecified atom stereocenters. The first kappa shape index (κ1) is 12.4. The highest BCUT2D eigenvalue weighted by atomic mass is 16.5. The number of benzene rings is 1. The number of carboxylic acid groups (broad SMARTS) is 1. The van der Waals surface area contributed by atoms with Crippen LogP contribution in [0.25, 0.3) is 0 Å². The van der Waals surface area contributed by atoms with Crippen LogP contribution in [0.1, 0.15) is 11.6 Å². The van der Waals surface area contributed by atoms with Crippen molar-refractivity contribution in [3.8, 4) is 5.75 Å². The summed E-state index contributed by atoms with van der Waals surface area (Å²) in [5.74, 6) is -0.541. The molecule has 0 radical (unpaired) electrons. The molecule has 6 nitrogen and oxygen atoms in total. The van der Waals surface area contributed by atoms with Gasteiger partial charge in [0.25, 0.3) is 5.91 Å². The van der Waals surface area contributed by atoms with Crippen LogP contribution in [0.3, 0.4) is 0 Å². The zero-order chi connectivity index (χ0) is 13.3. The van der Waals surface area contributed by atoms with Gasteiger partial charge in [0.05, 0.1) is 5.69 Å². The molecular weight excluding hydrogens is 236 g/mol. The van der Waals surface area contributed by atoms with Gasteiger partial charge in [-0.2, -0.15) is 0 Å². The molecule has 0 aliphatic carbocycles. The molecular formula is C12H14N2O4. The quantitative estimate of drug-likeness (QED) is 0.811.